The first kappa shape index (κ1) is 16.0. The number of fused-ring (bicyclic) bond motifs is 1. The highest BCUT2D eigenvalue weighted by Gasteiger charge is 2.19. The van der Waals surface area contributed by atoms with Crippen molar-refractivity contribution in [1.29, 1.82) is 0 Å². The zero-order chi connectivity index (χ0) is 15.2. The molecule has 1 aromatic carbocycles. The predicted molar refractivity (Wildman–Crippen MR) is 86.1 cm³/mol. The lowest BCUT2D eigenvalue weighted by molar-refractivity contribution is 0.414. The molecule has 0 radical (unpaired) electrons. The molecule has 2 nitrogen and oxygen atoms in total. The third-order valence-corrected chi connectivity index (χ3v) is 4.20. The van der Waals surface area contributed by atoms with Crippen molar-refractivity contribution in [3.8, 4) is 0 Å². The SMILES string of the molecule is CCCCCCCC(NC)c1oc2ccc(F)cc2c1C. The van der Waals surface area contributed by atoms with Gasteiger partial charge < -0.3 is 9.73 Å². The maximum Gasteiger partial charge on any atom is 0.134 e. The van der Waals surface area contributed by atoms with E-state index in [-0.39, 0.29) is 11.9 Å². The van der Waals surface area contributed by atoms with Crippen LogP contribution in [0.15, 0.2) is 22.6 Å². The fourth-order valence-corrected chi connectivity index (χ4v) is 2.90. The fourth-order valence-electron chi connectivity index (χ4n) is 2.90. The summed E-state index contributed by atoms with van der Waals surface area (Å²) in [5, 5.41) is 4.22. The number of furan rings is 1. The smallest absolute Gasteiger partial charge is 0.134 e. The topological polar surface area (TPSA) is 25.2 Å². The lowest BCUT2D eigenvalue weighted by Crippen LogP contribution is -2.16. The number of unbranched alkanes of at least 4 members (excludes halogenated alkanes) is 4. The largest absolute Gasteiger partial charge is 0.459 e. The van der Waals surface area contributed by atoms with Crippen LogP contribution in [-0.2, 0) is 0 Å². The molecule has 3 heteroatoms. The van der Waals surface area contributed by atoms with Crippen LogP contribution in [0.2, 0.25) is 0 Å². The molecule has 1 unspecified atom stereocenters. The van der Waals surface area contributed by atoms with Crippen molar-refractivity contribution in [1.82, 2.24) is 5.32 Å². The summed E-state index contributed by atoms with van der Waals surface area (Å²) in [7, 11) is 1.96. The third-order valence-electron chi connectivity index (χ3n) is 4.20. The van der Waals surface area contributed by atoms with E-state index in [4.69, 9.17) is 4.42 Å². The van der Waals surface area contributed by atoms with E-state index in [9.17, 15) is 4.39 Å². The second-order valence-corrected chi connectivity index (χ2v) is 5.78. The molecule has 2 aromatic rings. The van der Waals surface area contributed by atoms with Crippen LogP contribution in [0.4, 0.5) is 4.39 Å². The molecular formula is C18H26FNO. The van der Waals surface area contributed by atoms with Gasteiger partial charge in [0, 0.05) is 10.9 Å². The molecule has 1 atom stereocenters. The van der Waals surface area contributed by atoms with Crippen LogP contribution in [0.25, 0.3) is 11.0 Å². The molecule has 0 aliphatic rings. The molecule has 2 rings (SSSR count). The van der Waals surface area contributed by atoms with E-state index in [1.54, 1.807) is 12.1 Å². The molecule has 0 spiro atoms. The fraction of sp³-hybridized carbons (Fsp3) is 0.556. The monoisotopic (exact) mass is 291 g/mol. The van der Waals surface area contributed by atoms with Crippen LogP contribution in [0, 0.1) is 12.7 Å². The Labute approximate surface area is 126 Å². The minimum Gasteiger partial charge on any atom is -0.459 e. The Kier molecular flexibility index (Phi) is 5.80. The van der Waals surface area contributed by atoms with Crippen molar-refractivity contribution in [2.24, 2.45) is 0 Å². The van der Waals surface area contributed by atoms with Crippen LogP contribution >= 0.6 is 0 Å². The van der Waals surface area contributed by atoms with Crippen LogP contribution in [0.5, 0.6) is 0 Å². The van der Waals surface area contributed by atoms with E-state index in [2.05, 4.69) is 12.2 Å². The summed E-state index contributed by atoms with van der Waals surface area (Å²) >= 11 is 0. The lowest BCUT2D eigenvalue weighted by atomic mass is 10.0. The van der Waals surface area contributed by atoms with Crippen LogP contribution in [0.3, 0.4) is 0 Å². The van der Waals surface area contributed by atoms with Gasteiger partial charge in [0.2, 0.25) is 0 Å². The zero-order valence-corrected chi connectivity index (χ0v) is 13.3. The molecule has 0 saturated carbocycles. The molecular weight excluding hydrogens is 265 g/mol. The van der Waals surface area contributed by atoms with E-state index < -0.39 is 0 Å². The molecule has 0 bridgehead atoms. The second kappa shape index (κ2) is 7.60. The second-order valence-electron chi connectivity index (χ2n) is 5.78. The van der Waals surface area contributed by atoms with Gasteiger partial charge in [-0.2, -0.15) is 0 Å². The molecule has 21 heavy (non-hydrogen) atoms. The van der Waals surface area contributed by atoms with Gasteiger partial charge in [-0.1, -0.05) is 39.0 Å². The maximum atomic E-state index is 13.4. The molecule has 0 saturated heterocycles. The number of nitrogens with one attached hydrogen (secondary N) is 1. The summed E-state index contributed by atoms with van der Waals surface area (Å²) in [6.07, 6.45) is 7.40. The van der Waals surface area contributed by atoms with Gasteiger partial charge >= 0.3 is 0 Å². The minimum absolute atomic E-state index is 0.210. The van der Waals surface area contributed by atoms with E-state index in [1.807, 2.05) is 14.0 Å². The van der Waals surface area contributed by atoms with E-state index in [0.717, 1.165) is 28.7 Å². The van der Waals surface area contributed by atoms with Crippen molar-refractivity contribution in [3.05, 3.63) is 35.3 Å². The molecule has 1 aromatic heterocycles. The number of aryl methyl sites for hydroxylation is 1. The van der Waals surface area contributed by atoms with Crippen LogP contribution in [-0.4, -0.2) is 7.05 Å². The standard InChI is InChI=1S/C18H26FNO/c1-4-5-6-7-8-9-16(20-3)18-13(2)15-12-14(19)10-11-17(15)21-18/h10-12,16,20H,4-9H2,1-3H3. The van der Waals surface area contributed by atoms with Crippen LogP contribution in [0.1, 0.15) is 62.8 Å². The van der Waals surface area contributed by atoms with Gasteiger partial charge in [-0.25, -0.2) is 4.39 Å². The third kappa shape index (κ3) is 3.85. The van der Waals surface area contributed by atoms with Gasteiger partial charge in [0.05, 0.1) is 6.04 Å². The lowest BCUT2D eigenvalue weighted by Gasteiger charge is -2.14. The molecule has 0 aliphatic carbocycles. The van der Waals surface area contributed by atoms with Gasteiger partial charge in [0.1, 0.15) is 17.2 Å². The first-order chi connectivity index (χ1) is 10.2. The Morgan fingerprint density at radius 2 is 1.95 bits per heavy atom. The Bertz CT molecular complexity index is 576. The maximum absolute atomic E-state index is 13.4. The van der Waals surface area contributed by atoms with Crippen molar-refractivity contribution >= 4 is 11.0 Å². The average Bonchev–Trinajstić information content (AvgIpc) is 2.80. The molecule has 0 fully saturated rings. The van der Waals surface area contributed by atoms with E-state index in [1.165, 1.54) is 38.2 Å². The Hall–Kier alpha value is -1.35. The summed E-state index contributed by atoms with van der Waals surface area (Å²) in [4.78, 5) is 0. The van der Waals surface area contributed by atoms with Crippen molar-refractivity contribution in [2.75, 3.05) is 7.05 Å². The van der Waals surface area contributed by atoms with Crippen molar-refractivity contribution < 1.29 is 8.81 Å². The highest BCUT2D eigenvalue weighted by molar-refractivity contribution is 5.82. The van der Waals surface area contributed by atoms with E-state index >= 15 is 0 Å². The summed E-state index contributed by atoms with van der Waals surface area (Å²) in [6.45, 7) is 4.25. The zero-order valence-electron chi connectivity index (χ0n) is 13.3. The average molecular weight is 291 g/mol. The highest BCUT2D eigenvalue weighted by atomic mass is 19.1. The van der Waals surface area contributed by atoms with Crippen molar-refractivity contribution in [3.63, 3.8) is 0 Å². The summed E-state index contributed by atoms with van der Waals surface area (Å²) in [6, 6.07) is 4.94. The van der Waals surface area contributed by atoms with Gasteiger partial charge in [0.25, 0.3) is 0 Å². The number of rotatable bonds is 8. The Morgan fingerprint density at radius 3 is 2.67 bits per heavy atom. The molecule has 0 amide bonds. The number of hydrogen-bond donors (Lipinski definition) is 1. The van der Waals surface area contributed by atoms with Crippen LogP contribution < -0.4 is 5.32 Å². The number of hydrogen-bond acceptors (Lipinski definition) is 2. The molecule has 1 N–H and O–H groups in total. The number of benzene rings is 1. The van der Waals surface area contributed by atoms with E-state index in [0.29, 0.717) is 0 Å². The van der Waals surface area contributed by atoms with Gasteiger partial charge in [-0.15, -0.1) is 0 Å². The Balaban J connectivity index is 2.09. The summed E-state index contributed by atoms with van der Waals surface area (Å²) in [5.41, 5.74) is 1.83. The molecule has 1 heterocycles. The van der Waals surface area contributed by atoms with Crippen molar-refractivity contribution in [2.45, 2.75) is 58.4 Å². The van der Waals surface area contributed by atoms with Gasteiger partial charge in [-0.05, 0) is 38.6 Å². The molecule has 0 aliphatic heterocycles. The molecule has 116 valence electrons. The quantitative estimate of drug-likeness (QED) is 0.649. The van der Waals surface area contributed by atoms with Gasteiger partial charge in [0.15, 0.2) is 0 Å². The minimum atomic E-state index is -0.210. The normalized spacial score (nSPS) is 13.0. The predicted octanol–water partition coefficient (Wildman–Crippen LogP) is 5.50. The first-order valence-corrected chi connectivity index (χ1v) is 8.03. The summed E-state index contributed by atoms with van der Waals surface area (Å²) < 4.78 is 19.3. The van der Waals surface area contributed by atoms with Gasteiger partial charge in [-0.3, -0.25) is 0 Å². The summed E-state index contributed by atoms with van der Waals surface area (Å²) in [5.74, 6) is 0.743. The Morgan fingerprint density at radius 1 is 1.19 bits per heavy atom. The highest BCUT2D eigenvalue weighted by Crippen LogP contribution is 2.32. The first-order valence-electron chi connectivity index (χ1n) is 8.03. The number of halogens is 1.